The normalized spacial score (nSPS) is 14.4. The number of halogens is 3. The van der Waals surface area contributed by atoms with Crippen LogP contribution in [-0.2, 0) is 23.5 Å². The minimum atomic E-state index is -3.17. The van der Waals surface area contributed by atoms with Gasteiger partial charge in [-0.3, -0.25) is 9.25 Å². The first-order valence-corrected chi connectivity index (χ1v) is 13.0. The van der Waals surface area contributed by atoms with E-state index < -0.39 is 28.9 Å². The second-order valence-corrected chi connectivity index (χ2v) is 10.0. The summed E-state index contributed by atoms with van der Waals surface area (Å²) in [6.45, 7) is -3.17. The molecule has 0 atom stereocenters. The van der Waals surface area contributed by atoms with Gasteiger partial charge in [-0.2, -0.15) is 13.9 Å². The first kappa shape index (κ1) is 25.1. The lowest BCUT2D eigenvalue weighted by atomic mass is 10.0. The fraction of sp³-hybridized carbons (Fsp3) is 0.192. The summed E-state index contributed by atoms with van der Waals surface area (Å²) in [7, 11) is -1.10. The molecule has 0 spiro atoms. The Morgan fingerprint density at radius 2 is 1.87 bits per heavy atom. The molecular formula is C26H21F3N6O3S. The monoisotopic (exact) mass is 554 g/mol. The number of alkyl halides is 2. The molecule has 0 bridgehead atoms. The van der Waals surface area contributed by atoms with Crippen LogP contribution in [0.1, 0.15) is 18.5 Å². The van der Waals surface area contributed by atoms with Gasteiger partial charge >= 0.3 is 6.61 Å². The Morgan fingerprint density at radius 1 is 1.05 bits per heavy atom. The Hall–Kier alpha value is -4.23. The summed E-state index contributed by atoms with van der Waals surface area (Å²) in [6.07, 6.45) is 6.24. The summed E-state index contributed by atoms with van der Waals surface area (Å²) in [6, 6.07) is 12.3. The van der Waals surface area contributed by atoms with Gasteiger partial charge in [-0.15, -0.1) is 0 Å². The van der Waals surface area contributed by atoms with E-state index in [4.69, 9.17) is 4.98 Å². The third kappa shape index (κ3) is 4.86. The summed E-state index contributed by atoms with van der Waals surface area (Å²) in [5, 5.41) is 4.21. The van der Waals surface area contributed by atoms with Crippen LogP contribution in [0.15, 0.2) is 67.3 Å². The van der Waals surface area contributed by atoms with Gasteiger partial charge in [0.05, 0.1) is 28.5 Å². The van der Waals surface area contributed by atoms with E-state index in [2.05, 4.69) is 19.5 Å². The highest BCUT2D eigenvalue weighted by Gasteiger charge is 2.47. The topological polar surface area (TPSA) is 104 Å². The highest BCUT2D eigenvalue weighted by atomic mass is 32.2. The van der Waals surface area contributed by atoms with Crippen molar-refractivity contribution in [3.8, 4) is 33.8 Å². The van der Waals surface area contributed by atoms with Crippen molar-refractivity contribution in [3.63, 3.8) is 0 Å². The van der Waals surface area contributed by atoms with Crippen LogP contribution in [0.3, 0.4) is 0 Å². The van der Waals surface area contributed by atoms with Crippen molar-refractivity contribution < 1.29 is 26.3 Å². The van der Waals surface area contributed by atoms with Crippen molar-refractivity contribution in [2.45, 2.75) is 25.0 Å². The van der Waals surface area contributed by atoms with Crippen LogP contribution in [-0.4, -0.2) is 39.3 Å². The fourth-order valence-electron chi connectivity index (χ4n) is 4.64. The molecule has 6 rings (SSSR count). The molecule has 0 saturated heterocycles. The van der Waals surface area contributed by atoms with Crippen LogP contribution in [0.2, 0.25) is 0 Å². The molecular weight excluding hydrogens is 533 g/mol. The van der Waals surface area contributed by atoms with Crippen molar-refractivity contribution in [1.29, 1.82) is 0 Å². The average Bonchev–Trinajstić information content (AvgIpc) is 3.33. The van der Waals surface area contributed by atoms with Crippen molar-refractivity contribution in [3.05, 3.63) is 78.8 Å². The van der Waals surface area contributed by atoms with E-state index >= 15 is 0 Å². The minimum absolute atomic E-state index is 0.201. The quantitative estimate of drug-likeness (QED) is 0.277. The summed E-state index contributed by atoms with van der Waals surface area (Å²) in [5.74, 6) is -0.712. The van der Waals surface area contributed by atoms with E-state index in [1.165, 1.54) is 6.07 Å². The van der Waals surface area contributed by atoms with E-state index in [0.29, 0.717) is 41.0 Å². The smallest absolute Gasteiger partial charge is 0.387 e. The molecule has 0 unspecified atom stereocenters. The van der Waals surface area contributed by atoms with E-state index in [1.807, 2.05) is 31.4 Å². The number of imidazole rings is 1. The Labute approximate surface area is 222 Å². The Bertz CT molecular complexity index is 1790. The molecule has 0 aliphatic heterocycles. The summed E-state index contributed by atoms with van der Waals surface area (Å²) >= 11 is 0. The number of hydrogen-bond acceptors (Lipinski definition) is 6. The maximum Gasteiger partial charge on any atom is 0.387 e. The molecule has 1 aliphatic rings. The van der Waals surface area contributed by atoms with E-state index in [9.17, 15) is 21.6 Å². The second-order valence-electron chi connectivity index (χ2n) is 9.29. The fourth-order valence-corrected chi connectivity index (χ4v) is 5.33. The van der Waals surface area contributed by atoms with Gasteiger partial charge < -0.3 is 4.74 Å². The summed E-state index contributed by atoms with van der Waals surface area (Å²) in [4.78, 5) is 9.27. The summed E-state index contributed by atoms with van der Waals surface area (Å²) < 4.78 is 74.0. The zero-order chi connectivity index (χ0) is 27.3. The highest BCUT2D eigenvalue weighted by Crippen LogP contribution is 2.46. The Kier molecular flexibility index (Phi) is 6.11. The van der Waals surface area contributed by atoms with Crippen LogP contribution in [0, 0.1) is 5.82 Å². The molecule has 1 saturated carbocycles. The number of nitrogens with zero attached hydrogens (tertiary/aromatic N) is 5. The highest BCUT2D eigenvalue weighted by molar-refractivity contribution is 7.70. The predicted molar refractivity (Wildman–Crippen MR) is 137 cm³/mol. The van der Waals surface area contributed by atoms with Gasteiger partial charge in [0.2, 0.25) is 10.9 Å². The van der Waals surface area contributed by atoms with Gasteiger partial charge in [-0.05, 0) is 60.4 Å². The lowest BCUT2D eigenvalue weighted by Gasteiger charge is -2.18. The maximum absolute atomic E-state index is 13.9. The van der Waals surface area contributed by atoms with Gasteiger partial charge in [-0.25, -0.2) is 27.5 Å². The molecule has 3 heterocycles. The molecule has 0 amide bonds. The van der Waals surface area contributed by atoms with Gasteiger partial charge in [-0.1, -0.05) is 6.07 Å². The third-order valence-electron chi connectivity index (χ3n) is 6.66. The number of nitrogens with one attached hydrogen (secondary N) is 1. The number of hydrogen-bond donors (Lipinski definition) is 2. The van der Waals surface area contributed by atoms with Gasteiger partial charge in [0, 0.05) is 30.4 Å². The number of rotatable bonds is 8. The SMILES string of the molecule is Cn1cc(-c2ccc3c(c2)ncn3-c2cc(-c3ccc(F)cc3OC(F)F)cc(C3(N[SH](=O)=O)CC3)n2)cn1. The number of fused-ring (bicyclic) bond motifs is 1. The van der Waals surface area contributed by atoms with Crippen molar-refractivity contribution in [1.82, 2.24) is 29.0 Å². The second kappa shape index (κ2) is 9.50. The molecule has 200 valence electrons. The molecule has 1 N–H and O–H groups in total. The van der Waals surface area contributed by atoms with E-state index in [-0.39, 0.29) is 11.3 Å². The van der Waals surface area contributed by atoms with Crippen LogP contribution >= 0.6 is 0 Å². The number of ether oxygens (including phenoxy) is 1. The zero-order valence-electron chi connectivity index (χ0n) is 20.4. The van der Waals surface area contributed by atoms with Crippen LogP contribution < -0.4 is 9.46 Å². The lowest BCUT2D eigenvalue weighted by Crippen LogP contribution is -2.28. The van der Waals surface area contributed by atoms with Crippen molar-refractivity contribution in [2.24, 2.45) is 7.05 Å². The number of aryl methyl sites for hydroxylation is 1. The molecule has 3 aromatic heterocycles. The molecule has 1 fully saturated rings. The standard InChI is InChI=1S/C26H21F3N6O3S/c1-34-13-17(12-31-34)15-2-5-21-20(8-15)30-14-35(21)24-10-16(9-23(32-24)26(6-7-26)33-39(36)37)19-4-3-18(27)11-22(19)38-25(28)29/h2-5,8-14,25,39H,6-7H2,1H3,(H,33,36,37). The Morgan fingerprint density at radius 3 is 2.56 bits per heavy atom. The minimum Gasteiger partial charge on any atom is -0.434 e. The average molecular weight is 555 g/mol. The van der Waals surface area contributed by atoms with Gasteiger partial charge in [0.25, 0.3) is 0 Å². The molecule has 1 aliphatic carbocycles. The van der Waals surface area contributed by atoms with Gasteiger partial charge in [0.1, 0.15) is 23.7 Å². The third-order valence-corrected chi connectivity index (χ3v) is 7.27. The number of pyridine rings is 1. The molecule has 39 heavy (non-hydrogen) atoms. The number of benzene rings is 2. The molecule has 5 aromatic rings. The first-order chi connectivity index (χ1) is 18.7. The number of thiol groups is 1. The van der Waals surface area contributed by atoms with Crippen molar-refractivity contribution in [2.75, 3.05) is 0 Å². The van der Waals surface area contributed by atoms with Crippen LogP contribution in [0.4, 0.5) is 13.2 Å². The molecule has 13 heteroatoms. The van der Waals surface area contributed by atoms with Gasteiger partial charge in [0.15, 0.2) is 0 Å². The van der Waals surface area contributed by atoms with Crippen LogP contribution in [0.5, 0.6) is 5.75 Å². The van der Waals surface area contributed by atoms with Crippen molar-refractivity contribution >= 4 is 21.9 Å². The molecule has 9 nitrogen and oxygen atoms in total. The lowest BCUT2D eigenvalue weighted by molar-refractivity contribution is -0.0496. The molecule has 2 aromatic carbocycles. The first-order valence-electron chi connectivity index (χ1n) is 11.9. The summed E-state index contributed by atoms with van der Waals surface area (Å²) in [5.41, 5.74) is 3.31. The van der Waals surface area contributed by atoms with E-state index in [0.717, 1.165) is 23.3 Å². The van der Waals surface area contributed by atoms with E-state index in [1.54, 1.807) is 33.9 Å². The maximum atomic E-state index is 13.9. The van der Waals surface area contributed by atoms with Crippen LogP contribution in [0.25, 0.3) is 39.1 Å². The zero-order valence-corrected chi connectivity index (χ0v) is 21.3. The Balaban J connectivity index is 1.51. The number of aromatic nitrogens is 5. The predicted octanol–water partition coefficient (Wildman–Crippen LogP) is 4.33. The molecule has 0 radical (unpaired) electrons. The largest absolute Gasteiger partial charge is 0.434 e.